The zero-order valence-electron chi connectivity index (χ0n) is 8.98. The fraction of sp³-hybridized carbons (Fsp3) is 0.182. The highest BCUT2D eigenvalue weighted by Crippen LogP contribution is 2.19. The molecular formula is C11H7BrINO4. The molecule has 0 bridgehead atoms. The van der Waals surface area contributed by atoms with E-state index in [1.807, 2.05) is 6.07 Å². The number of hydrogen-bond donors (Lipinski definition) is 0. The number of amides is 2. The molecule has 1 fully saturated rings. The predicted molar refractivity (Wildman–Crippen MR) is 73.4 cm³/mol. The van der Waals surface area contributed by atoms with E-state index in [9.17, 15) is 14.4 Å². The Kier molecular flexibility index (Phi) is 4.00. The lowest BCUT2D eigenvalue weighted by atomic mass is 10.2. The monoisotopic (exact) mass is 423 g/mol. The van der Waals surface area contributed by atoms with E-state index in [1.165, 1.54) is 0 Å². The number of nitrogens with zero attached hydrogens (tertiary/aromatic N) is 1. The summed E-state index contributed by atoms with van der Waals surface area (Å²) < 4.78 is 1.56. The van der Waals surface area contributed by atoms with Crippen LogP contribution in [-0.2, 0) is 14.4 Å². The first-order valence-electron chi connectivity index (χ1n) is 5.01. The molecule has 0 aromatic heterocycles. The van der Waals surface area contributed by atoms with Gasteiger partial charge in [-0.1, -0.05) is 15.9 Å². The molecule has 7 heteroatoms. The number of hydroxylamine groups is 2. The van der Waals surface area contributed by atoms with Crippen molar-refractivity contribution in [3.8, 4) is 0 Å². The molecule has 2 rings (SSSR count). The maximum Gasteiger partial charge on any atom is 0.363 e. The van der Waals surface area contributed by atoms with E-state index in [1.54, 1.807) is 12.1 Å². The van der Waals surface area contributed by atoms with E-state index >= 15 is 0 Å². The van der Waals surface area contributed by atoms with Gasteiger partial charge in [0, 0.05) is 20.9 Å². The Balaban J connectivity index is 2.17. The highest BCUT2D eigenvalue weighted by Gasteiger charge is 2.33. The number of imide groups is 1. The Hall–Kier alpha value is -0.960. The Morgan fingerprint density at radius 1 is 1.22 bits per heavy atom. The van der Waals surface area contributed by atoms with Crippen LogP contribution in [0.15, 0.2) is 22.7 Å². The van der Waals surface area contributed by atoms with E-state index in [0.717, 1.165) is 8.04 Å². The number of benzene rings is 1. The fourth-order valence-corrected chi connectivity index (χ4v) is 3.06. The molecule has 0 N–H and O–H groups in total. The Morgan fingerprint density at radius 2 is 1.83 bits per heavy atom. The van der Waals surface area contributed by atoms with Gasteiger partial charge in [0.15, 0.2) is 0 Å². The van der Waals surface area contributed by atoms with Crippen LogP contribution < -0.4 is 0 Å². The van der Waals surface area contributed by atoms with Crippen LogP contribution in [-0.4, -0.2) is 22.8 Å². The van der Waals surface area contributed by atoms with E-state index in [-0.39, 0.29) is 18.4 Å². The molecule has 0 radical (unpaired) electrons. The normalized spacial score (nSPS) is 15.1. The Bertz CT molecular complexity index is 510. The lowest BCUT2D eigenvalue weighted by Crippen LogP contribution is -2.32. The van der Waals surface area contributed by atoms with E-state index in [4.69, 9.17) is 4.84 Å². The zero-order chi connectivity index (χ0) is 13.3. The van der Waals surface area contributed by atoms with Crippen LogP contribution in [0.25, 0.3) is 0 Å². The topological polar surface area (TPSA) is 63.7 Å². The van der Waals surface area contributed by atoms with E-state index < -0.39 is 17.8 Å². The van der Waals surface area contributed by atoms with Gasteiger partial charge in [-0.2, -0.15) is 0 Å². The van der Waals surface area contributed by atoms with Crippen molar-refractivity contribution >= 4 is 56.3 Å². The van der Waals surface area contributed by atoms with Gasteiger partial charge in [0.1, 0.15) is 0 Å². The molecule has 1 aliphatic rings. The van der Waals surface area contributed by atoms with E-state index in [2.05, 4.69) is 38.5 Å². The Morgan fingerprint density at radius 3 is 2.39 bits per heavy atom. The van der Waals surface area contributed by atoms with Crippen LogP contribution in [0.1, 0.15) is 23.2 Å². The molecular weight excluding hydrogens is 417 g/mol. The molecule has 0 saturated carbocycles. The standard InChI is InChI=1S/C11H7BrINO4/c12-7-3-6(4-8(13)5-7)11(17)18-14-9(15)1-2-10(14)16/h3-5H,1-2H2. The van der Waals surface area contributed by atoms with Gasteiger partial charge in [0.2, 0.25) is 0 Å². The number of carbonyl (C=O) groups is 3. The van der Waals surface area contributed by atoms with Crippen LogP contribution in [0.3, 0.4) is 0 Å². The smallest absolute Gasteiger partial charge is 0.325 e. The van der Waals surface area contributed by atoms with Crippen molar-refractivity contribution in [2.24, 2.45) is 0 Å². The zero-order valence-corrected chi connectivity index (χ0v) is 12.7. The summed E-state index contributed by atoms with van der Waals surface area (Å²) >= 11 is 5.31. The number of carbonyl (C=O) groups excluding carboxylic acids is 3. The predicted octanol–water partition coefficient (Wildman–Crippen LogP) is 2.27. The summed E-state index contributed by atoms with van der Waals surface area (Å²) in [6.07, 6.45) is 0.171. The SMILES string of the molecule is O=C(ON1C(=O)CCC1=O)c1cc(Br)cc(I)c1. The molecule has 0 atom stereocenters. The molecule has 1 aromatic rings. The second-order valence-corrected chi connectivity index (χ2v) is 5.78. The van der Waals surface area contributed by atoms with Gasteiger partial charge in [-0.25, -0.2) is 4.79 Å². The summed E-state index contributed by atoms with van der Waals surface area (Å²) in [5.74, 6) is -1.70. The summed E-state index contributed by atoms with van der Waals surface area (Å²) in [5, 5.41) is 0.538. The van der Waals surface area contributed by atoms with Gasteiger partial charge in [-0.15, -0.1) is 5.06 Å². The molecule has 0 aliphatic carbocycles. The van der Waals surface area contributed by atoms with Gasteiger partial charge in [0.25, 0.3) is 11.8 Å². The summed E-state index contributed by atoms with van der Waals surface area (Å²) in [5.41, 5.74) is 0.279. The minimum atomic E-state index is -0.724. The van der Waals surface area contributed by atoms with Gasteiger partial charge >= 0.3 is 5.97 Å². The van der Waals surface area contributed by atoms with Gasteiger partial charge in [-0.3, -0.25) is 9.59 Å². The lowest BCUT2D eigenvalue weighted by molar-refractivity contribution is -0.172. The first-order valence-corrected chi connectivity index (χ1v) is 6.89. The molecule has 1 aliphatic heterocycles. The minimum Gasteiger partial charge on any atom is -0.325 e. The molecule has 0 unspecified atom stereocenters. The van der Waals surface area contributed by atoms with Crippen molar-refractivity contribution in [3.63, 3.8) is 0 Å². The summed E-state index contributed by atoms with van der Waals surface area (Å²) in [6.45, 7) is 0. The third kappa shape index (κ3) is 2.89. The molecule has 94 valence electrons. The van der Waals surface area contributed by atoms with Gasteiger partial charge in [-0.05, 0) is 40.8 Å². The second-order valence-electron chi connectivity index (χ2n) is 3.62. The third-order valence-corrected chi connectivity index (χ3v) is 3.36. The first kappa shape index (κ1) is 13.5. The van der Waals surface area contributed by atoms with Gasteiger partial charge in [0.05, 0.1) is 5.56 Å². The highest BCUT2D eigenvalue weighted by molar-refractivity contribution is 14.1. The highest BCUT2D eigenvalue weighted by atomic mass is 127. The Labute approximate surface area is 125 Å². The average Bonchev–Trinajstić information content (AvgIpc) is 2.59. The fourth-order valence-electron chi connectivity index (χ4n) is 1.47. The van der Waals surface area contributed by atoms with Crippen LogP contribution in [0.5, 0.6) is 0 Å². The molecule has 18 heavy (non-hydrogen) atoms. The molecule has 1 heterocycles. The average molecular weight is 424 g/mol. The molecule has 2 amide bonds. The quantitative estimate of drug-likeness (QED) is 0.540. The maximum absolute atomic E-state index is 11.8. The van der Waals surface area contributed by atoms with Crippen LogP contribution in [0.2, 0.25) is 0 Å². The minimum absolute atomic E-state index is 0.0854. The largest absolute Gasteiger partial charge is 0.363 e. The van der Waals surface area contributed by atoms with Crippen LogP contribution in [0, 0.1) is 3.57 Å². The lowest BCUT2D eigenvalue weighted by Gasteiger charge is -2.12. The summed E-state index contributed by atoms with van der Waals surface area (Å²) in [6, 6.07) is 5.00. The second kappa shape index (κ2) is 5.35. The summed E-state index contributed by atoms with van der Waals surface area (Å²) in [4.78, 5) is 39.2. The molecule has 5 nitrogen and oxygen atoms in total. The van der Waals surface area contributed by atoms with Crippen molar-refractivity contribution in [1.82, 2.24) is 5.06 Å². The molecule has 1 saturated heterocycles. The summed E-state index contributed by atoms with van der Waals surface area (Å²) in [7, 11) is 0. The number of rotatable bonds is 2. The van der Waals surface area contributed by atoms with Crippen molar-refractivity contribution in [3.05, 3.63) is 31.8 Å². The third-order valence-electron chi connectivity index (χ3n) is 2.28. The first-order chi connectivity index (χ1) is 8.47. The van der Waals surface area contributed by atoms with Crippen molar-refractivity contribution in [2.45, 2.75) is 12.8 Å². The van der Waals surface area contributed by atoms with Crippen molar-refractivity contribution in [1.29, 1.82) is 0 Å². The van der Waals surface area contributed by atoms with Crippen molar-refractivity contribution in [2.75, 3.05) is 0 Å². The van der Waals surface area contributed by atoms with Crippen molar-refractivity contribution < 1.29 is 19.2 Å². The maximum atomic E-state index is 11.8. The van der Waals surface area contributed by atoms with Gasteiger partial charge < -0.3 is 4.84 Å². The number of hydrogen-bond acceptors (Lipinski definition) is 4. The van der Waals surface area contributed by atoms with E-state index in [0.29, 0.717) is 5.06 Å². The van der Waals surface area contributed by atoms with Crippen LogP contribution >= 0.6 is 38.5 Å². The number of halogens is 2. The molecule has 1 aromatic carbocycles. The molecule has 0 spiro atoms. The van der Waals surface area contributed by atoms with Crippen LogP contribution in [0.4, 0.5) is 0 Å².